The fourth-order valence-electron chi connectivity index (χ4n) is 1.44. The maximum absolute atomic E-state index is 11.8. The van der Waals surface area contributed by atoms with Crippen LogP contribution in [-0.4, -0.2) is 35.3 Å². The van der Waals surface area contributed by atoms with Gasteiger partial charge in [0.05, 0.1) is 11.3 Å². The number of hydrogen-bond donors (Lipinski definition) is 3. The Hall–Kier alpha value is -2.70. The zero-order chi connectivity index (χ0) is 13.8. The molecule has 1 aliphatic rings. The summed E-state index contributed by atoms with van der Waals surface area (Å²) in [5.74, 6) is -2.06. The topological polar surface area (TPSA) is 105 Å². The average molecular weight is 265 g/mol. The molecule has 0 spiro atoms. The van der Waals surface area contributed by atoms with Gasteiger partial charge in [-0.3, -0.25) is 4.79 Å². The van der Waals surface area contributed by atoms with Gasteiger partial charge in [-0.1, -0.05) is 0 Å². The van der Waals surface area contributed by atoms with E-state index in [0.717, 1.165) is 12.3 Å². The Morgan fingerprint density at radius 1 is 1.26 bits per heavy atom. The molecule has 0 atom stereocenters. The zero-order valence-corrected chi connectivity index (χ0v) is 9.75. The number of nitrogens with one attached hydrogen (secondary N) is 1. The molecule has 19 heavy (non-hydrogen) atoms. The highest BCUT2D eigenvalue weighted by Gasteiger charge is 2.17. The number of benzene rings is 1. The lowest BCUT2D eigenvalue weighted by Crippen LogP contribution is -2.21. The summed E-state index contributed by atoms with van der Waals surface area (Å²) in [6, 6.07) is 3.57. The molecule has 7 heteroatoms. The van der Waals surface area contributed by atoms with Gasteiger partial charge in [-0.05, 0) is 18.2 Å². The van der Waals surface area contributed by atoms with Gasteiger partial charge in [0.25, 0.3) is 5.91 Å². The Balaban J connectivity index is 2.18. The number of aromatic hydroxyl groups is 1. The number of rotatable bonds is 3. The van der Waals surface area contributed by atoms with Crippen molar-refractivity contribution < 1.29 is 29.3 Å². The van der Waals surface area contributed by atoms with Gasteiger partial charge in [-0.2, -0.15) is 0 Å². The van der Waals surface area contributed by atoms with Crippen LogP contribution in [-0.2, 0) is 14.3 Å². The number of carboxylic acids is 1. The minimum atomic E-state index is -1.16. The second-order valence-electron chi connectivity index (χ2n) is 3.69. The number of phenols is 1. The van der Waals surface area contributed by atoms with E-state index in [0.29, 0.717) is 6.61 Å². The maximum atomic E-state index is 11.8. The lowest BCUT2D eigenvalue weighted by atomic mass is 10.2. The number of phenolic OH excluding ortho intramolecular Hbond substituents is 1. The lowest BCUT2D eigenvalue weighted by molar-refractivity contribution is -0.117. The fourth-order valence-corrected chi connectivity index (χ4v) is 1.44. The van der Waals surface area contributed by atoms with Crippen molar-refractivity contribution in [1.82, 2.24) is 0 Å². The van der Waals surface area contributed by atoms with Crippen molar-refractivity contribution in [3.63, 3.8) is 0 Å². The number of carboxylic acid groups (broad SMARTS) is 1. The minimum absolute atomic E-state index is 0.0139. The average Bonchev–Trinajstić information content (AvgIpc) is 2.42. The van der Waals surface area contributed by atoms with Gasteiger partial charge in [0.1, 0.15) is 25.2 Å². The highest BCUT2D eigenvalue weighted by Crippen LogP contribution is 2.25. The number of amides is 1. The molecule has 0 fully saturated rings. The Morgan fingerprint density at radius 2 is 2.05 bits per heavy atom. The molecule has 0 aromatic heterocycles. The monoisotopic (exact) mass is 265 g/mol. The highest BCUT2D eigenvalue weighted by molar-refractivity contribution is 6.03. The summed E-state index contributed by atoms with van der Waals surface area (Å²) in [5.41, 5.74) is -0.0668. The van der Waals surface area contributed by atoms with Crippen LogP contribution in [0.2, 0.25) is 0 Å². The quantitative estimate of drug-likeness (QED) is 0.702. The molecule has 0 unspecified atom stereocenters. The maximum Gasteiger partial charge on any atom is 0.335 e. The fraction of sp³-hybridized carbons (Fsp3) is 0.167. The van der Waals surface area contributed by atoms with Gasteiger partial charge in [-0.25, -0.2) is 4.79 Å². The molecular formula is C12H11NO6. The predicted molar refractivity (Wildman–Crippen MR) is 63.7 cm³/mol. The predicted octanol–water partition coefficient (Wildman–Crippen LogP) is 0.917. The van der Waals surface area contributed by atoms with Crippen LogP contribution in [0.5, 0.6) is 5.75 Å². The molecular weight excluding hydrogens is 254 g/mol. The van der Waals surface area contributed by atoms with Gasteiger partial charge >= 0.3 is 5.97 Å². The van der Waals surface area contributed by atoms with Crippen molar-refractivity contribution in [1.29, 1.82) is 0 Å². The first-order valence-corrected chi connectivity index (χ1v) is 5.40. The van der Waals surface area contributed by atoms with Crippen LogP contribution in [0.1, 0.15) is 10.4 Å². The molecule has 1 heterocycles. The van der Waals surface area contributed by atoms with Crippen molar-refractivity contribution >= 4 is 17.6 Å². The second kappa shape index (κ2) is 5.30. The number of hydrogen-bond acceptors (Lipinski definition) is 5. The van der Waals surface area contributed by atoms with Crippen LogP contribution in [0.3, 0.4) is 0 Å². The first-order valence-electron chi connectivity index (χ1n) is 5.40. The van der Waals surface area contributed by atoms with E-state index < -0.39 is 11.9 Å². The molecule has 0 saturated heterocycles. The van der Waals surface area contributed by atoms with E-state index in [1.165, 1.54) is 12.1 Å². The molecule has 7 nitrogen and oxygen atoms in total. The summed E-state index contributed by atoms with van der Waals surface area (Å²) >= 11 is 0. The van der Waals surface area contributed by atoms with E-state index in [4.69, 9.17) is 14.6 Å². The van der Waals surface area contributed by atoms with Crippen LogP contribution in [0.4, 0.5) is 5.69 Å². The summed E-state index contributed by atoms with van der Waals surface area (Å²) in [6.07, 6.45) is 1.16. The van der Waals surface area contributed by atoms with E-state index in [9.17, 15) is 14.7 Å². The van der Waals surface area contributed by atoms with Crippen molar-refractivity contribution in [2.45, 2.75) is 0 Å². The van der Waals surface area contributed by atoms with Crippen LogP contribution in [0.25, 0.3) is 0 Å². The zero-order valence-electron chi connectivity index (χ0n) is 9.75. The molecule has 1 aliphatic heterocycles. The first kappa shape index (κ1) is 12.7. The summed E-state index contributed by atoms with van der Waals surface area (Å²) < 4.78 is 9.98. The molecule has 0 bridgehead atoms. The van der Waals surface area contributed by atoms with E-state index >= 15 is 0 Å². The van der Waals surface area contributed by atoms with Crippen LogP contribution in [0, 0.1) is 0 Å². The second-order valence-corrected chi connectivity index (χ2v) is 3.69. The van der Waals surface area contributed by atoms with Crippen LogP contribution >= 0.6 is 0 Å². The van der Waals surface area contributed by atoms with Gasteiger partial charge in [0.15, 0.2) is 0 Å². The van der Waals surface area contributed by atoms with Gasteiger partial charge in [-0.15, -0.1) is 0 Å². The third-order valence-corrected chi connectivity index (χ3v) is 2.36. The Bertz CT molecular complexity index is 551. The van der Waals surface area contributed by atoms with Gasteiger partial charge < -0.3 is 25.0 Å². The number of ether oxygens (including phenoxy) is 2. The van der Waals surface area contributed by atoms with Crippen molar-refractivity contribution in [2.75, 3.05) is 18.5 Å². The SMILES string of the molecule is O=C(Nc1cc(C(=O)O)ccc1O)C1=COCCO1. The summed E-state index contributed by atoms with van der Waals surface area (Å²) in [7, 11) is 0. The van der Waals surface area contributed by atoms with Crippen molar-refractivity contribution in [3.8, 4) is 5.75 Å². The third kappa shape index (κ3) is 2.95. The Labute approximate surface area is 108 Å². The van der Waals surface area contributed by atoms with Crippen molar-refractivity contribution in [2.24, 2.45) is 0 Å². The van der Waals surface area contributed by atoms with Crippen LogP contribution < -0.4 is 5.32 Å². The largest absolute Gasteiger partial charge is 0.506 e. The molecule has 0 radical (unpaired) electrons. The molecule has 1 amide bonds. The molecule has 3 N–H and O–H groups in total. The summed E-state index contributed by atoms with van der Waals surface area (Å²) in [5, 5.41) is 20.7. The molecule has 0 aliphatic carbocycles. The standard InChI is InChI=1S/C12H11NO6/c14-9-2-1-7(12(16)17)5-8(9)13-11(15)10-6-18-3-4-19-10/h1-2,5-6,14H,3-4H2,(H,13,15)(H,16,17). The number of carbonyl (C=O) groups is 2. The van der Waals surface area contributed by atoms with Crippen LogP contribution in [0.15, 0.2) is 30.2 Å². The molecule has 2 rings (SSSR count). The number of carbonyl (C=O) groups excluding carboxylic acids is 1. The minimum Gasteiger partial charge on any atom is -0.506 e. The van der Waals surface area contributed by atoms with E-state index in [1.807, 2.05) is 0 Å². The van der Waals surface area contributed by atoms with E-state index in [2.05, 4.69) is 5.32 Å². The smallest absolute Gasteiger partial charge is 0.335 e. The van der Waals surface area contributed by atoms with Gasteiger partial charge in [0.2, 0.25) is 5.76 Å². The van der Waals surface area contributed by atoms with E-state index in [1.54, 1.807) is 0 Å². The molecule has 0 saturated carbocycles. The highest BCUT2D eigenvalue weighted by atomic mass is 16.6. The number of anilines is 1. The Kier molecular flexibility index (Phi) is 3.56. The normalized spacial score (nSPS) is 13.8. The lowest BCUT2D eigenvalue weighted by Gasteiger charge is -2.15. The third-order valence-electron chi connectivity index (χ3n) is 2.36. The Morgan fingerprint density at radius 3 is 2.68 bits per heavy atom. The van der Waals surface area contributed by atoms with E-state index in [-0.39, 0.29) is 29.4 Å². The summed E-state index contributed by atoms with van der Waals surface area (Å²) in [4.78, 5) is 22.6. The number of aromatic carboxylic acids is 1. The van der Waals surface area contributed by atoms with Crippen molar-refractivity contribution in [3.05, 3.63) is 35.8 Å². The summed E-state index contributed by atoms with van der Waals surface area (Å²) in [6.45, 7) is 0.608. The molecule has 100 valence electrons. The molecule has 1 aromatic carbocycles. The van der Waals surface area contributed by atoms with Gasteiger partial charge in [0, 0.05) is 0 Å². The first-order chi connectivity index (χ1) is 9.08. The molecule has 1 aromatic rings.